The summed E-state index contributed by atoms with van der Waals surface area (Å²) in [4.78, 5) is 35.6. The Balaban J connectivity index is 1.76. The van der Waals surface area contributed by atoms with Gasteiger partial charge >= 0.3 is 11.7 Å². The zero-order chi connectivity index (χ0) is 17.8. The molecule has 2 aromatic heterocycles. The minimum absolute atomic E-state index is 0.0299. The molecule has 3 rings (SSSR count). The van der Waals surface area contributed by atoms with Gasteiger partial charge in [0.25, 0.3) is 5.89 Å². The third kappa shape index (κ3) is 3.50. The molecular formula is C16H13N3O6. The van der Waals surface area contributed by atoms with Crippen molar-refractivity contribution in [1.29, 1.82) is 0 Å². The Labute approximate surface area is 140 Å². The molecule has 1 amide bonds. The molecule has 2 heterocycles. The maximum atomic E-state index is 12.2. The molecule has 128 valence electrons. The van der Waals surface area contributed by atoms with Gasteiger partial charge in [0.2, 0.25) is 5.91 Å². The van der Waals surface area contributed by atoms with Crippen LogP contribution in [0.1, 0.15) is 10.4 Å². The fraction of sp³-hybridized carbons (Fsp3) is 0.125. The Bertz CT molecular complexity index is 954. The first-order valence-electron chi connectivity index (χ1n) is 7.17. The van der Waals surface area contributed by atoms with Crippen LogP contribution in [-0.2, 0) is 16.1 Å². The van der Waals surface area contributed by atoms with Crippen molar-refractivity contribution in [3.05, 3.63) is 58.8 Å². The van der Waals surface area contributed by atoms with Crippen LogP contribution < -0.4 is 11.1 Å². The van der Waals surface area contributed by atoms with Crippen molar-refractivity contribution in [3.63, 3.8) is 0 Å². The van der Waals surface area contributed by atoms with Crippen LogP contribution >= 0.6 is 0 Å². The van der Waals surface area contributed by atoms with Crippen LogP contribution in [-0.4, -0.2) is 28.8 Å². The van der Waals surface area contributed by atoms with Crippen molar-refractivity contribution in [2.75, 3.05) is 12.4 Å². The molecule has 0 radical (unpaired) electrons. The second-order valence-corrected chi connectivity index (χ2v) is 4.89. The molecule has 1 aromatic carbocycles. The Morgan fingerprint density at radius 3 is 2.76 bits per heavy atom. The highest BCUT2D eigenvalue weighted by molar-refractivity contribution is 6.01. The number of anilines is 1. The van der Waals surface area contributed by atoms with Crippen molar-refractivity contribution < 1.29 is 23.2 Å². The largest absolute Gasteiger partial charge is 0.465 e. The summed E-state index contributed by atoms with van der Waals surface area (Å²) in [5.41, 5.74) is 0.462. The molecular weight excluding hydrogens is 330 g/mol. The van der Waals surface area contributed by atoms with E-state index in [-0.39, 0.29) is 22.9 Å². The molecule has 0 bridgehead atoms. The van der Waals surface area contributed by atoms with Crippen LogP contribution in [0.25, 0.3) is 11.7 Å². The number of hydrogen-bond acceptors (Lipinski definition) is 7. The monoisotopic (exact) mass is 343 g/mol. The first-order chi connectivity index (χ1) is 12.1. The zero-order valence-corrected chi connectivity index (χ0v) is 13.1. The Morgan fingerprint density at radius 1 is 1.24 bits per heavy atom. The summed E-state index contributed by atoms with van der Waals surface area (Å²) in [5.74, 6) is -1.71. The van der Waals surface area contributed by atoms with Gasteiger partial charge in [0, 0.05) is 0 Å². The topological polar surface area (TPSA) is 117 Å². The summed E-state index contributed by atoms with van der Waals surface area (Å²) in [5, 5.41) is 6.44. The highest BCUT2D eigenvalue weighted by Gasteiger charge is 2.17. The fourth-order valence-electron chi connectivity index (χ4n) is 2.11. The molecule has 0 fully saturated rings. The van der Waals surface area contributed by atoms with E-state index in [0.717, 1.165) is 4.68 Å². The molecule has 0 unspecified atom stereocenters. The summed E-state index contributed by atoms with van der Waals surface area (Å²) in [6.45, 7) is -0.390. The molecule has 0 aliphatic carbocycles. The number of methoxy groups -OCH3 is 1. The maximum absolute atomic E-state index is 12.2. The molecule has 0 spiro atoms. The number of aromatic nitrogens is 2. The van der Waals surface area contributed by atoms with Gasteiger partial charge < -0.3 is 18.9 Å². The highest BCUT2D eigenvalue weighted by atomic mass is 16.5. The lowest BCUT2D eigenvalue weighted by Crippen LogP contribution is -2.26. The van der Waals surface area contributed by atoms with E-state index in [1.807, 2.05) is 0 Å². The smallest absolute Gasteiger partial charge is 0.437 e. The zero-order valence-electron chi connectivity index (χ0n) is 13.1. The quantitative estimate of drug-likeness (QED) is 0.698. The predicted molar refractivity (Wildman–Crippen MR) is 84.9 cm³/mol. The molecule has 0 aliphatic heterocycles. The lowest BCUT2D eigenvalue weighted by atomic mass is 10.2. The van der Waals surface area contributed by atoms with Gasteiger partial charge in [-0.25, -0.2) is 9.59 Å². The van der Waals surface area contributed by atoms with E-state index in [2.05, 4.69) is 15.2 Å². The normalized spacial score (nSPS) is 10.4. The molecule has 3 aromatic rings. The number of para-hydroxylation sites is 1. The van der Waals surface area contributed by atoms with Gasteiger partial charge in [-0.15, -0.1) is 5.10 Å². The van der Waals surface area contributed by atoms with Gasteiger partial charge in [-0.2, -0.15) is 4.68 Å². The van der Waals surface area contributed by atoms with Crippen LogP contribution in [0, 0.1) is 0 Å². The molecule has 9 nitrogen and oxygen atoms in total. The number of carbonyl (C=O) groups excluding carboxylic acids is 2. The first kappa shape index (κ1) is 16.2. The number of esters is 1. The van der Waals surface area contributed by atoms with Crippen molar-refractivity contribution in [1.82, 2.24) is 9.78 Å². The van der Waals surface area contributed by atoms with E-state index in [9.17, 15) is 14.4 Å². The maximum Gasteiger partial charge on any atom is 0.437 e. The SMILES string of the molecule is COC(=O)c1ccccc1NC(=O)Cn1nc(-c2ccco2)oc1=O. The van der Waals surface area contributed by atoms with Gasteiger partial charge in [-0.1, -0.05) is 12.1 Å². The standard InChI is InChI=1S/C16H13N3O6/c1-23-15(21)10-5-2-3-6-11(10)17-13(20)9-19-16(22)25-14(18-19)12-7-4-8-24-12/h2-8H,9H2,1H3,(H,17,20). The number of nitrogens with zero attached hydrogens (tertiary/aromatic N) is 2. The summed E-state index contributed by atoms with van der Waals surface area (Å²) in [6, 6.07) is 9.54. The van der Waals surface area contributed by atoms with Crippen molar-refractivity contribution in [2.45, 2.75) is 6.54 Å². The summed E-state index contributed by atoms with van der Waals surface area (Å²) in [6.07, 6.45) is 1.41. The number of rotatable bonds is 5. The second kappa shape index (κ2) is 6.87. The number of carbonyl (C=O) groups is 2. The Morgan fingerprint density at radius 2 is 2.04 bits per heavy atom. The van der Waals surface area contributed by atoms with Gasteiger partial charge in [0.1, 0.15) is 6.54 Å². The number of amides is 1. The first-order valence-corrected chi connectivity index (χ1v) is 7.17. The average Bonchev–Trinajstić information content (AvgIpc) is 3.25. The number of hydrogen-bond donors (Lipinski definition) is 1. The van der Waals surface area contributed by atoms with Gasteiger partial charge in [0.05, 0.1) is 24.6 Å². The van der Waals surface area contributed by atoms with E-state index in [1.54, 1.807) is 30.3 Å². The third-order valence-corrected chi connectivity index (χ3v) is 3.24. The van der Waals surface area contributed by atoms with Gasteiger partial charge in [0.15, 0.2) is 5.76 Å². The lowest BCUT2D eigenvalue weighted by molar-refractivity contribution is -0.117. The van der Waals surface area contributed by atoms with Gasteiger partial charge in [-0.05, 0) is 24.3 Å². The van der Waals surface area contributed by atoms with E-state index < -0.39 is 24.2 Å². The number of nitrogens with one attached hydrogen (secondary N) is 1. The van der Waals surface area contributed by atoms with E-state index >= 15 is 0 Å². The van der Waals surface area contributed by atoms with Crippen LogP contribution in [0.3, 0.4) is 0 Å². The number of ether oxygens (including phenoxy) is 1. The van der Waals surface area contributed by atoms with E-state index in [0.29, 0.717) is 0 Å². The van der Waals surface area contributed by atoms with Crippen LogP contribution in [0.2, 0.25) is 0 Å². The summed E-state index contributed by atoms with van der Waals surface area (Å²) < 4.78 is 15.5. The van der Waals surface area contributed by atoms with Crippen LogP contribution in [0.5, 0.6) is 0 Å². The van der Waals surface area contributed by atoms with E-state index in [1.165, 1.54) is 19.4 Å². The second-order valence-electron chi connectivity index (χ2n) is 4.89. The molecule has 0 saturated heterocycles. The summed E-state index contributed by atoms with van der Waals surface area (Å²) in [7, 11) is 1.24. The highest BCUT2D eigenvalue weighted by Crippen LogP contribution is 2.17. The third-order valence-electron chi connectivity index (χ3n) is 3.24. The van der Waals surface area contributed by atoms with Crippen molar-refractivity contribution >= 4 is 17.6 Å². The molecule has 0 saturated carbocycles. The van der Waals surface area contributed by atoms with Crippen molar-refractivity contribution in [2.24, 2.45) is 0 Å². The fourth-order valence-corrected chi connectivity index (χ4v) is 2.11. The summed E-state index contributed by atoms with van der Waals surface area (Å²) >= 11 is 0. The predicted octanol–water partition coefficient (Wildman–Crippen LogP) is 1.52. The molecule has 0 atom stereocenters. The van der Waals surface area contributed by atoms with Gasteiger partial charge in [-0.3, -0.25) is 4.79 Å². The van der Waals surface area contributed by atoms with Crippen LogP contribution in [0.15, 0.2) is 56.3 Å². The number of furan rings is 1. The number of benzene rings is 1. The molecule has 1 N–H and O–H groups in total. The van der Waals surface area contributed by atoms with E-state index in [4.69, 9.17) is 8.83 Å². The Kier molecular flexibility index (Phi) is 4.46. The molecule has 0 aliphatic rings. The lowest BCUT2D eigenvalue weighted by Gasteiger charge is -2.09. The average molecular weight is 343 g/mol. The molecule has 25 heavy (non-hydrogen) atoms. The molecule has 9 heteroatoms. The minimum Gasteiger partial charge on any atom is -0.465 e. The Hall–Kier alpha value is -3.62. The van der Waals surface area contributed by atoms with Crippen LogP contribution in [0.4, 0.5) is 5.69 Å². The minimum atomic E-state index is -0.803. The van der Waals surface area contributed by atoms with Crippen molar-refractivity contribution in [3.8, 4) is 11.7 Å².